The van der Waals surface area contributed by atoms with E-state index in [1.165, 1.54) is 6.20 Å². The molecule has 3 heterocycles. The molecule has 28 heavy (non-hydrogen) atoms. The van der Waals surface area contributed by atoms with E-state index in [-0.39, 0.29) is 17.2 Å². The number of piperidine rings is 1. The van der Waals surface area contributed by atoms with E-state index < -0.39 is 11.2 Å². The average molecular weight is 390 g/mol. The van der Waals surface area contributed by atoms with Crippen molar-refractivity contribution in [2.45, 2.75) is 70.2 Å². The van der Waals surface area contributed by atoms with Crippen LogP contribution in [0.1, 0.15) is 50.5 Å². The molecule has 154 valence electrons. The van der Waals surface area contributed by atoms with Crippen molar-refractivity contribution < 1.29 is 15.1 Å². The molecule has 3 fully saturated rings. The number of hydrogen-bond donors (Lipinski definition) is 2. The van der Waals surface area contributed by atoms with Crippen LogP contribution in [0.15, 0.2) is 12.3 Å². The van der Waals surface area contributed by atoms with E-state index in [2.05, 4.69) is 14.8 Å². The highest BCUT2D eigenvalue weighted by Crippen LogP contribution is 2.47. The summed E-state index contributed by atoms with van der Waals surface area (Å²) in [5, 5.41) is 31.8. The van der Waals surface area contributed by atoms with E-state index in [0.717, 1.165) is 76.0 Å². The first-order valence-electron chi connectivity index (χ1n) is 10.4. The number of aliphatic hydroxyl groups excluding tert-OH is 2. The van der Waals surface area contributed by atoms with Crippen molar-refractivity contribution in [1.82, 2.24) is 9.88 Å². The molecule has 2 aliphatic heterocycles. The summed E-state index contributed by atoms with van der Waals surface area (Å²) in [7, 11) is 0. The highest BCUT2D eigenvalue weighted by atomic mass is 16.6. The van der Waals surface area contributed by atoms with Gasteiger partial charge in [-0.2, -0.15) is 0 Å². The quantitative estimate of drug-likeness (QED) is 0.602. The number of aliphatic hydroxyl groups is 2. The van der Waals surface area contributed by atoms with Gasteiger partial charge in [-0.15, -0.1) is 0 Å². The SMILES string of the molecule is Cc1cc([N+](=O)[O-])cnc1N1CCC2(CC1)CCN(C1CCC(O)CC1)C2O. The van der Waals surface area contributed by atoms with E-state index in [4.69, 9.17) is 0 Å². The summed E-state index contributed by atoms with van der Waals surface area (Å²) in [5.74, 6) is 0.811. The van der Waals surface area contributed by atoms with Crippen LogP contribution in [-0.2, 0) is 0 Å². The number of rotatable bonds is 3. The maximum absolute atomic E-state index is 11.1. The second kappa shape index (κ2) is 7.57. The molecule has 0 bridgehead atoms. The van der Waals surface area contributed by atoms with Crippen LogP contribution in [-0.4, -0.2) is 63.0 Å². The summed E-state index contributed by atoms with van der Waals surface area (Å²) < 4.78 is 0. The summed E-state index contributed by atoms with van der Waals surface area (Å²) in [6.07, 6.45) is 7.14. The van der Waals surface area contributed by atoms with Crippen LogP contribution in [0, 0.1) is 22.5 Å². The van der Waals surface area contributed by atoms with Gasteiger partial charge in [0.25, 0.3) is 5.69 Å². The van der Waals surface area contributed by atoms with Crippen LogP contribution in [0.5, 0.6) is 0 Å². The van der Waals surface area contributed by atoms with Gasteiger partial charge in [0.1, 0.15) is 18.2 Å². The van der Waals surface area contributed by atoms with E-state index in [0.29, 0.717) is 6.04 Å². The summed E-state index contributed by atoms with van der Waals surface area (Å²) in [4.78, 5) is 19.3. The van der Waals surface area contributed by atoms with Gasteiger partial charge >= 0.3 is 0 Å². The molecule has 8 heteroatoms. The summed E-state index contributed by atoms with van der Waals surface area (Å²) in [6, 6.07) is 1.96. The van der Waals surface area contributed by atoms with Crippen molar-refractivity contribution >= 4 is 11.5 Å². The lowest BCUT2D eigenvalue weighted by atomic mass is 9.76. The van der Waals surface area contributed by atoms with Gasteiger partial charge in [-0.3, -0.25) is 15.0 Å². The number of hydrogen-bond acceptors (Lipinski definition) is 7. The van der Waals surface area contributed by atoms with Crippen molar-refractivity contribution in [2.75, 3.05) is 24.5 Å². The molecule has 1 saturated carbocycles. The molecule has 1 aromatic rings. The van der Waals surface area contributed by atoms with E-state index in [1.54, 1.807) is 6.07 Å². The molecule has 0 radical (unpaired) electrons. The number of anilines is 1. The zero-order valence-corrected chi connectivity index (χ0v) is 16.5. The fraction of sp³-hybridized carbons (Fsp3) is 0.750. The third kappa shape index (κ3) is 3.49. The van der Waals surface area contributed by atoms with Gasteiger partial charge in [0, 0.05) is 37.2 Å². The Kier molecular flexibility index (Phi) is 5.28. The zero-order chi connectivity index (χ0) is 19.9. The molecule has 1 aliphatic carbocycles. The summed E-state index contributed by atoms with van der Waals surface area (Å²) >= 11 is 0. The average Bonchev–Trinajstić information content (AvgIpc) is 2.99. The molecule has 8 nitrogen and oxygen atoms in total. The zero-order valence-electron chi connectivity index (χ0n) is 16.5. The van der Waals surface area contributed by atoms with Gasteiger partial charge in [0.2, 0.25) is 0 Å². The van der Waals surface area contributed by atoms with E-state index in [9.17, 15) is 20.3 Å². The van der Waals surface area contributed by atoms with E-state index >= 15 is 0 Å². The standard InChI is InChI=1S/C20H30N4O4/c1-14-12-16(24(27)28)13-21-18(14)22-9-6-20(7-10-22)8-11-23(19(20)26)15-2-4-17(25)5-3-15/h12-13,15,17,19,25-26H,2-11H2,1H3. The molecule has 1 unspecified atom stereocenters. The molecule has 3 aliphatic rings. The Labute approximate surface area is 165 Å². The van der Waals surface area contributed by atoms with Crippen LogP contribution in [0.3, 0.4) is 0 Å². The Morgan fingerprint density at radius 3 is 2.39 bits per heavy atom. The molecule has 1 aromatic heterocycles. The van der Waals surface area contributed by atoms with Crippen LogP contribution < -0.4 is 4.90 Å². The number of nitrogens with zero attached hydrogens (tertiary/aromatic N) is 4. The van der Waals surface area contributed by atoms with Gasteiger partial charge < -0.3 is 15.1 Å². The van der Waals surface area contributed by atoms with Crippen LogP contribution in [0.4, 0.5) is 11.5 Å². The fourth-order valence-electron chi connectivity index (χ4n) is 5.38. The van der Waals surface area contributed by atoms with Gasteiger partial charge in [0.15, 0.2) is 0 Å². The first-order valence-corrected chi connectivity index (χ1v) is 10.4. The minimum absolute atomic E-state index is 0.0224. The van der Waals surface area contributed by atoms with Crippen molar-refractivity contribution in [3.63, 3.8) is 0 Å². The van der Waals surface area contributed by atoms with Crippen LogP contribution in [0.25, 0.3) is 0 Å². The Hall–Kier alpha value is -1.77. The Morgan fingerprint density at radius 1 is 1.14 bits per heavy atom. The Bertz CT molecular complexity index is 727. The smallest absolute Gasteiger partial charge is 0.287 e. The maximum Gasteiger partial charge on any atom is 0.287 e. The summed E-state index contributed by atoms with van der Waals surface area (Å²) in [6.45, 7) is 4.40. The van der Waals surface area contributed by atoms with Gasteiger partial charge in [0.05, 0.1) is 11.0 Å². The summed E-state index contributed by atoms with van der Waals surface area (Å²) in [5.41, 5.74) is 0.773. The molecular weight excluding hydrogens is 360 g/mol. The Morgan fingerprint density at radius 2 is 1.79 bits per heavy atom. The molecule has 0 aromatic carbocycles. The van der Waals surface area contributed by atoms with Gasteiger partial charge in [-0.05, 0) is 57.4 Å². The predicted molar refractivity (Wildman–Crippen MR) is 105 cm³/mol. The fourth-order valence-corrected chi connectivity index (χ4v) is 5.38. The molecule has 2 saturated heterocycles. The third-order valence-electron chi connectivity index (χ3n) is 7.17. The van der Waals surface area contributed by atoms with Gasteiger partial charge in [-0.1, -0.05) is 0 Å². The van der Waals surface area contributed by atoms with Crippen molar-refractivity contribution in [3.8, 4) is 0 Å². The number of aryl methyl sites for hydroxylation is 1. The lowest BCUT2D eigenvalue weighted by Gasteiger charge is -2.44. The molecular formula is C20H30N4O4. The van der Waals surface area contributed by atoms with Crippen LogP contribution >= 0.6 is 0 Å². The second-order valence-electron chi connectivity index (χ2n) is 8.76. The Balaban J connectivity index is 1.40. The molecule has 0 amide bonds. The molecule has 1 spiro atoms. The minimum atomic E-state index is -0.416. The highest BCUT2D eigenvalue weighted by molar-refractivity contribution is 5.50. The number of likely N-dealkylation sites (tertiary alicyclic amines) is 1. The lowest BCUT2D eigenvalue weighted by Crippen LogP contribution is -2.50. The van der Waals surface area contributed by atoms with E-state index in [1.807, 2.05) is 6.92 Å². The lowest BCUT2D eigenvalue weighted by molar-refractivity contribution is -0.385. The monoisotopic (exact) mass is 390 g/mol. The molecule has 2 N–H and O–H groups in total. The first kappa shape index (κ1) is 19.5. The highest BCUT2D eigenvalue weighted by Gasteiger charge is 2.50. The maximum atomic E-state index is 11.1. The van der Waals surface area contributed by atoms with Crippen LogP contribution in [0.2, 0.25) is 0 Å². The number of aromatic nitrogens is 1. The molecule has 4 rings (SSSR count). The van der Waals surface area contributed by atoms with Gasteiger partial charge in [-0.25, -0.2) is 4.98 Å². The predicted octanol–water partition coefficient (Wildman–Crippen LogP) is 2.21. The molecule has 1 atom stereocenters. The minimum Gasteiger partial charge on any atom is -0.393 e. The normalized spacial score (nSPS) is 30.7. The number of nitro groups is 1. The topological polar surface area (TPSA) is 103 Å². The largest absolute Gasteiger partial charge is 0.393 e. The number of pyridine rings is 1. The van der Waals surface area contributed by atoms with Crippen molar-refractivity contribution in [2.24, 2.45) is 5.41 Å². The second-order valence-corrected chi connectivity index (χ2v) is 8.76. The van der Waals surface area contributed by atoms with Crippen molar-refractivity contribution in [3.05, 3.63) is 27.9 Å². The first-order chi connectivity index (χ1) is 13.4. The van der Waals surface area contributed by atoms with Crippen molar-refractivity contribution in [1.29, 1.82) is 0 Å². The third-order valence-corrected chi connectivity index (χ3v) is 7.17.